The number of hydrogen-bond acceptors (Lipinski definition) is 7. The summed E-state index contributed by atoms with van der Waals surface area (Å²) >= 11 is 1.64. The lowest BCUT2D eigenvalue weighted by Crippen LogP contribution is -2.51. The van der Waals surface area contributed by atoms with Gasteiger partial charge in [0.2, 0.25) is 12.3 Å². The molecule has 11 nitrogen and oxygen atoms in total. The Hall–Kier alpha value is -5.23. The Morgan fingerprint density at radius 3 is 2.11 bits per heavy atom. The number of alkyl carbamates (subject to hydrolysis) is 1. The molecule has 2 aliphatic carbocycles. The van der Waals surface area contributed by atoms with Crippen LogP contribution in [-0.2, 0) is 20.9 Å². The number of aromatic amines is 2. The van der Waals surface area contributed by atoms with E-state index in [1.807, 2.05) is 48.7 Å². The number of carbonyl (C=O) groups is 3. The maximum atomic E-state index is 13.5. The average molecular weight is 748 g/mol. The van der Waals surface area contributed by atoms with Crippen LogP contribution in [0.25, 0.3) is 33.6 Å². The Labute approximate surface area is 320 Å². The van der Waals surface area contributed by atoms with Gasteiger partial charge in [0, 0.05) is 17.3 Å². The molecule has 2 bridgehead atoms. The van der Waals surface area contributed by atoms with E-state index in [1.54, 1.807) is 11.3 Å². The summed E-state index contributed by atoms with van der Waals surface area (Å²) in [5, 5.41) is 7.27. The summed E-state index contributed by atoms with van der Waals surface area (Å²) in [5.41, 5.74) is 6.48. The van der Waals surface area contributed by atoms with Crippen LogP contribution in [0.1, 0.15) is 80.9 Å². The quantitative estimate of drug-likeness (QED) is 0.101. The number of H-pyrrole nitrogens is 2. The number of amides is 3. The minimum Gasteiger partial charge on any atom is -0.453 e. The summed E-state index contributed by atoms with van der Waals surface area (Å²) in [6.45, 7) is 5.12. The number of rotatable bonds is 11. The average Bonchev–Trinajstić information content (AvgIpc) is 4.06. The highest BCUT2D eigenvalue weighted by Gasteiger charge is 2.41. The fraction of sp³-hybridized carbons (Fsp3) is 0.405. The van der Waals surface area contributed by atoms with Gasteiger partial charge in [-0.25, -0.2) is 14.8 Å². The van der Waals surface area contributed by atoms with Crippen LogP contribution in [-0.4, -0.2) is 62.9 Å². The highest BCUT2D eigenvalue weighted by molar-refractivity contribution is 7.09. The lowest BCUT2D eigenvalue weighted by Gasteiger charge is -2.30. The maximum Gasteiger partial charge on any atom is 0.407 e. The van der Waals surface area contributed by atoms with Gasteiger partial charge in [0.05, 0.1) is 43.5 Å². The summed E-state index contributed by atoms with van der Waals surface area (Å²) in [5.74, 6) is 4.07. The van der Waals surface area contributed by atoms with Crippen molar-refractivity contribution in [3.8, 4) is 33.6 Å². The summed E-state index contributed by atoms with van der Waals surface area (Å²) in [6, 6.07) is 20.3. The lowest BCUT2D eigenvalue weighted by molar-refractivity contribution is -0.135. The van der Waals surface area contributed by atoms with E-state index in [0.717, 1.165) is 64.1 Å². The van der Waals surface area contributed by atoms with E-state index in [1.165, 1.54) is 43.5 Å². The molecular formula is C42H49N7O4S. The molecule has 282 valence electrons. The number of imidazole rings is 2. The third-order valence-electron chi connectivity index (χ3n) is 11.2. The number of carbonyl (C=O) groups excluding carboxylic acids is 3. The molecule has 2 saturated carbocycles. The van der Waals surface area contributed by atoms with Crippen molar-refractivity contribution in [2.24, 2.45) is 17.8 Å². The fourth-order valence-electron chi connectivity index (χ4n) is 8.34. The first kappa shape index (κ1) is 37.1. The van der Waals surface area contributed by atoms with Crippen molar-refractivity contribution in [1.82, 2.24) is 35.5 Å². The van der Waals surface area contributed by atoms with Gasteiger partial charge < -0.3 is 30.2 Å². The molecule has 3 amide bonds. The Morgan fingerprint density at radius 2 is 1.56 bits per heavy atom. The van der Waals surface area contributed by atoms with E-state index in [-0.39, 0.29) is 17.9 Å². The first-order valence-corrected chi connectivity index (χ1v) is 19.8. The van der Waals surface area contributed by atoms with Gasteiger partial charge in [0.15, 0.2) is 0 Å². The molecule has 5 unspecified atom stereocenters. The van der Waals surface area contributed by atoms with Gasteiger partial charge in [-0.05, 0) is 83.6 Å². The normalized spacial score (nSPS) is 20.7. The van der Waals surface area contributed by atoms with E-state index in [4.69, 9.17) is 9.72 Å². The van der Waals surface area contributed by atoms with E-state index in [2.05, 4.69) is 74.1 Å². The smallest absolute Gasteiger partial charge is 0.407 e. The first-order chi connectivity index (χ1) is 26.3. The van der Waals surface area contributed by atoms with Crippen LogP contribution < -0.4 is 10.6 Å². The van der Waals surface area contributed by atoms with Crippen LogP contribution in [0.5, 0.6) is 0 Å². The van der Waals surface area contributed by atoms with Crippen molar-refractivity contribution in [2.45, 2.75) is 76.9 Å². The number of likely N-dealkylation sites (tertiary alicyclic amines) is 1. The predicted molar refractivity (Wildman–Crippen MR) is 210 cm³/mol. The summed E-state index contributed by atoms with van der Waals surface area (Å²) in [4.78, 5) is 54.7. The van der Waals surface area contributed by atoms with E-state index in [0.29, 0.717) is 25.4 Å². The van der Waals surface area contributed by atoms with E-state index >= 15 is 0 Å². The molecule has 54 heavy (non-hydrogen) atoms. The molecular weight excluding hydrogens is 699 g/mol. The zero-order valence-electron chi connectivity index (χ0n) is 31.1. The van der Waals surface area contributed by atoms with Crippen molar-refractivity contribution < 1.29 is 19.1 Å². The number of benzene rings is 2. The molecule has 12 heteroatoms. The third kappa shape index (κ3) is 8.28. The highest BCUT2D eigenvalue weighted by atomic mass is 32.1. The Kier molecular flexibility index (Phi) is 11.6. The number of nitrogens with zero attached hydrogens (tertiary/aromatic N) is 3. The van der Waals surface area contributed by atoms with Crippen molar-refractivity contribution in [1.29, 1.82) is 0 Å². The second kappa shape index (κ2) is 16.8. The Balaban J connectivity index is 0.000000440. The number of ether oxygens (including phenoxy) is 1. The second-order valence-corrected chi connectivity index (χ2v) is 16.0. The topological polar surface area (TPSA) is 145 Å². The number of fused-ring (bicyclic) bond motifs is 2. The standard InChI is InChI=1S/C36H42N6O3.C6H7NOS/c1-21(2)32(41-36(44)45-3)35(43)42-16-4-5-31(42)34-38-20-30(40-34)26-14-10-24(11-15-26)23-8-12-25(13-9-23)29-19-37-33(39-29)28-18-22-6-7-27(28)17-22;8-5-7-4-6-2-1-3-9-6/h8-15,19-22,27-28,31-32H,4-7,16-18H2,1-3H3,(H,37,39)(H,38,40)(H,41,44);1-3,5H,4H2,(H,7,8). The number of thiophene rings is 1. The molecule has 5 atom stereocenters. The van der Waals surface area contributed by atoms with Gasteiger partial charge in [-0.1, -0.05) is 74.9 Å². The number of methoxy groups -OCH3 is 1. The van der Waals surface area contributed by atoms with E-state index < -0.39 is 12.1 Å². The lowest BCUT2D eigenvalue weighted by atomic mass is 9.88. The zero-order valence-corrected chi connectivity index (χ0v) is 31.9. The minimum atomic E-state index is -0.655. The van der Waals surface area contributed by atoms with Gasteiger partial charge in [-0.15, -0.1) is 11.3 Å². The second-order valence-electron chi connectivity index (χ2n) is 14.9. The van der Waals surface area contributed by atoms with Crippen LogP contribution >= 0.6 is 11.3 Å². The number of aromatic nitrogens is 4. The van der Waals surface area contributed by atoms with Crippen LogP contribution in [0.15, 0.2) is 78.4 Å². The fourth-order valence-corrected chi connectivity index (χ4v) is 8.99. The largest absolute Gasteiger partial charge is 0.453 e. The zero-order chi connectivity index (χ0) is 37.6. The Morgan fingerprint density at radius 1 is 0.907 bits per heavy atom. The van der Waals surface area contributed by atoms with Gasteiger partial charge in [-0.2, -0.15) is 0 Å². The van der Waals surface area contributed by atoms with Crippen LogP contribution in [0.3, 0.4) is 0 Å². The van der Waals surface area contributed by atoms with Gasteiger partial charge in [-0.3, -0.25) is 9.59 Å². The van der Waals surface area contributed by atoms with Gasteiger partial charge >= 0.3 is 6.09 Å². The van der Waals surface area contributed by atoms with Crippen molar-refractivity contribution in [3.63, 3.8) is 0 Å². The number of hydrogen-bond donors (Lipinski definition) is 4. The molecule has 1 saturated heterocycles. The van der Waals surface area contributed by atoms with Crippen LogP contribution in [0.4, 0.5) is 4.79 Å². The maximum absolute atomic E-state index is 13.5. The molecule has 4 N–H and O–H groups in total. The molecule has 5 aromatic rings. The molecule has 8 rings (SSSR count). The molecule has 0 radical (unpaired) electrons. The molecule has 3 fully saturated rings. The molecule has 1 aliphatic heterocycles. The molecule has 3 aliphatic rings. The predicted octanol–water partition coefficient (Wildman–Crippen LogP) is 8.08. The highest BCUT2D eigenvalue weighted by Crippen LogP contribution is 2.52. The monoisotopic (exact) mass is 747 g/mol. The van der Waals surface area contributed by atoms with Gasteiger partial charge in [0.1, 0.15) is 17.7 Å². The van der Waals surface area contributed by atoms with Crippen LogP contribution in [0, 0.1) is 17.8 Å². The molecule has 4 heterocycles. The SMILES string of the molecule is COC(=O)NC(C(=O)N1CCCC1c1ncc(-c2ccc(-c3ccc(-c4cnc(C5CC6CCC5C6)[nH]4)cc3)cc2)[nH]1)C(C)C.O=CNCc1cccs1. The summed E-state index contributed by atoms with van der Waals surface area (Å²) < 4.78 is 4.75. The van der Waals surface area contributed by atoms with Crippen LogP contribution in [0.2, 0.25) is 0 Å². The summed E-state index contributed by atoms with van der Waals surface area (Å²) in [6.07, 6.45) is 11.1. The minimum absolute atomic E-state index is 0.0743. The van der Waals surface area contributed by atoms with Gasteiger partial charge in [0.25, 0.3) is 0 Å². The number of nitrogens with one attached hydrogen (secondary N) is 4. The van der Waals surface area contributed by atoms with Crippen molar-refractivity contribution in [2.75, 3.05) is 13.7 Å². The molecule has 0 spiro atoms. The Bertz CT molecular complexity index is 2000. The van der Waals surface area contributed by atoms with Crippen molar-refractivity contribution in [3.05, 3.63) is 95.0 Å². The molecule has 3 aromatic heterocycles. The summed E-state index contributed by atoms with van der Waals surface area (Å²) in [7, 11) is 1.30. The van der Waals surface area contributed by atoms with Crippen molar-refractivity contribution >= 4 is 29.7 Å². The first-order valence-electron chi connectivity index (χ1n) is 19.0. The van der Waals surface area contributed by atoms with E-state index in [9.17, 15) is 14.4 Å². The molecule has 2 aromatic carbocycles. The third-order valence-corrected chi connectivity index (χ3v) is 12.1.